The molecule has 2 aliphatic rings. The van der Waals surface area contributed by atoms with Gasteiger partial charge in [-0.25, -0.2) is 0 Å². The minimum absolute atomic E-state index is 0.799. The number of hydrogen-bond acceptors (Lipinski definition) is 0. The molecule has 2 saturated carbocycles. The maximum Gasteiger partial charge on any atom is -0.0292 e. The summed E-state index contributed by atoms with van der Waals surface area (Å²) in [7, 11) is 0. The van der Waals surface area contributed by atoms with Crippen LogP contribution in [0.5, 0.6) is 0 Å². The lowest BCUT2D eigenvalue weighted by atomic mass is 9.79. The van der Waals surface area contributed by atoms with Gasteiger partial charge in [-0.3, -0.25) is 0 Å². The summed E-state index contributed by atoms with van der Waals surface area (Å²) in [5.74, 6) is 4.10. The molecule has 0 aromatic heterocycles. The molecule has 90 valence electrons. The molecule has 0 aromatic rings. The first kappa shape index (κ1) is 13.1. The zero-order chi connectivity index (χ0) is 11.6. The van der Waals surface area contributed by atoms with Gasteiger partial charge in [-0.1, -0.05) is 48.0 Å². The summed E-state index contributed by atoms with van der Waals surface area (Å²) >= 11 is 0. The SMILES string of the molecule is CC.CCC(C(C)C)C1CCC2(C)CC12. The molecule has 0 bridgehead atoms. The van der Waals surface area contributed by atoms with Crippen molar-refractivity contribution in [3.63, 3.8) is 0 Å². The van der Waals surface area contributed by atoms with Gasteiger partial charge in [0.05, 0.1) is 0 Å². The zero-order valence-electron chi connectivity index (χ0n) is 11.6. The van der Waals surface area contributed by atoms with Crippen LogP contribution >= 0.6 is 0 Å². The van der Waals surface area contributed by atoms with Crippen LogP contribution in [-0.4, -0.2) is 0 Å². The fourth-order valence-electron chi connectivity index (χ4n) is 3.88. The standard InChI is InChI=1S/C13H24.C2H6/c1-5-10(9(2)3)11-6-7-13(4)8-12(11)13;1-2/h9-12H,5-8H2,1-4H3;1-2H3. The zero-order valence-corrected chi connectivity index (χ0v) is 11.6. The molecule has 2 fully saturated rings. The van der Waals surface area contributed by atoms with Gasteiger partial charge in [0, 0.05) is 0 Å². The summed E-state index contributed by atoms with van der Waals surface area (Å²) in [5, 5.41) is 0. The second-order valence-corrected chi connectivity index (χ2v) is 5.98. The predicted octanol–water partition coefficient (Wildman–Crippen LogP) is 5.13. The van der Waals surface area contributed by atoms with Gasteiger partial charge < -0.3 is 0 Å². The van der Waals surface area contributed by atoms with E-state index in [9.17, 15) is 0 Å². The number of fused-ring (bicyclic) bond motifs is 1. The molecule has 0 N–H and O–H groups in total. The maximum absolute atomic E-state index is 2.50. The largest absolute Gasteiger partial charge is 0.0683 e. The van der Waals surface area contributed by atoms with Crippen molar-refractivity contribution >= 4 is 0 Å². The molecular formula is C15H30. The third kappa shape index (κ3) is 2.40. The summed E-state index contributed by atoms with van der Waals surface area (Å²) in [6.07, 6.45) is 5.99. The van der Waals surface area contributed by atoms with Crippen molar-refractivity contribution in [3.8, 4) is 0 Å². The Labute approximate surface area is 96.8 Å². The van der Waals surface area contributed by atoms with Gasteiger partial charge in [-0.2, -0.15) is 0 Å². The molecule has 0 radical (unpaired) electrons. The smallest absolute Gasteiger partial charge is 0.0292 e. The molecule has 2 rings (SSSR count). The topological polar surface area (TPSA) is 0 Å². The first-order chi connectivity index (χ1) is 7.08. The molecule has 0 spiro atoms. The normalized spacial score (nSPS) is 39.4. The van der Waals surface area contributed by atoms with Crippen LogP contribution in [0.3, 0.4) is 0 Å². The van der Waals surface area contributed by atoms with Gasteiger partial charge in [0.25, 0.3) is 0 Å². The van der Waals surface area contributed by atoms with Crippen LogP contribution in [0.25, 0.3) is 0 Å². The van der Waals surface area contributed by atoms with Crippen LogP contribution < -0.4 is 0 Å². The van der Waals surface area contributed by atoms with Crippen molar-refractivity contribution in [2.24, 2.45) is 29.1 Å². The van der Waals surface area contributed by atoms with E-state index in [1.807, 2.05) is 13.8 Å². The van der Waals surface area contributed by atoms with Crippen LogP contribution in [0, 0.1) is 29.1 Å². The first-order valence-electron chi connectivity index (χ1n) is 7.08. The molecular weight excluding hydrogens is 180 g/mol. The van der Waals surface area contributed by atoms with Crippen LogP contribution in [0.15, 0.2) is 0 Å². The molecule has 2 aliphatic carbocycles. The van der Waals surface area contributed by atoms with Crippen molar-refractivity contribution in [1.82, 2.24) is 0 Å². The van der Waals surface area contributed by atoms with E-state index in [-0.39, 0.29) is 0 Å². The lowest BCUT2D eigenvalue weighted by Gasteiger charge is -2.27. The molecule has 0 aliphatic heterocycles. The predicted molar refractivity (Wildman–Crippen MR) is 68.9 cm³/mol. The van der Waals surface area contributed by atoms with E-state index in [1.54, 1.807) is 6.42 Å². The molecule has 4 atom stereocenters. The highest BCUT2D eigenvalue weighted by Gasteiger charge is 2.59. The fourth-order valence-corrected chi connectivity index (χ4v) is 3.88. The lowest BCUT2D eigenvalue weighted by molar-refractivity contribution is 0.225. The van der Waals surface area contributed by atoms with Gasteiger partial charge in [-0.15, -0.1) is 0 Å². The third-order valence-electron chi connectivity index (χ3n) is 4.86. The van der Waals surface area contributed by atoms with Gasteiger partial charge >= 0.3 is 0 Å². The highest BCUT2D eigenvalue weighted by atomic mass is 14.6. The molecule has 0 amide bonds. The van der Waals surface area contributed by atoms with E-state index in [4.69, 9.17) is 0 Å². The Hall–Kier alpha value is 0. The summed E-state index contributed by atoms with van der Waals surface area (Å²) < 4.78 is 0. The number of rotatable bonds is 3. The van der Waals surface area contributed by atoms with E-state index < -0.39 is 0 Å². The second-order valence-electron chi connectivity index (χ2n) is 5.98. The first-order valence-corrected chi connectivity index (χ1v) is 7.08. The fraction of sp³-hybridized carbons (Fsp3) is 1.00. The van der Waals surface area contributed by atoms with Crippen molar-refractivity contribution < 1.29 is 0 Å². The van der Waals surface area contributed by atoms with Crippen LogP contribution in [0.2, 0.25) is 0 Å². The Morgan fingerprint density at radius 3 is 2.13 bits per heavy atom. The van der Waals surface area contributed by atoms with Crippen molar-refractivity contribution in [2.75, 3.05) is 0 Å². The molecule has 0 saturated heterocycles. The molecule has 0 nitrogen and oxygen atoms in total. The van der Waals surface area contributed by atoms with Crippen LogP contribution in [0.4, 0.5) is 0 Å². The van der Waals surface area contributed by atoms with Gasteiger partial charge in [0.2, 0.25) is 0 Å². The molecule has 15 heavy (non-hydrogen) atoms. The molecule has 0 heteroatoms. The minimum atomic E-state index is 0.799. The molecule has 4 unspecified atom stereocenters. The lowest BCUT2D eigenvalue weighted by Crippen LogP contribution is -2.19. The average Bonchev–Trinajstić information content (AvgIpc) is 2.79. The van der Waals surface area contributed by atoms with Crippen LogP contribution in [-0.2, 0) is 0 Å². The third-order valence-corrected chi connectivity index (χ3v) is 4.86. The van der Waals surface area contributed by atoms with E-state index in [0.717, 1.165) is 29.1 Å². The summed E-state index contributed by atoms with van der Waals surface area (Å²) in [5.41, 5.74) is 0.799. The second kappa shape index (κ2) is 4.89. The Kier molecular flexibility index (Phi) is 4.26. The summed E-state index contributed by atoms with van der Waals surface area (Å²) in [6.45, 7) is 13.7. The summed E-state index contributed by atoms with van der Waals surface area (Å²) in [4.78, 5) is 0. The highest BCUT2D eigenvalue weighted by Crippen LogP contribution is 2.68. The monoisotopic (exact) mass is 210 g/mol. The van der Waals surface area contributed by atoms with E-state index in [2.05, 4.69) is 27.7 Å². The number of hydrogen-bond donors (Lipinski definition) is 0. The highest BCUT2D eigenvalue weighted by molar-refractivity contribution is 5.08. The van der Waals surface area contributed by atoms with E-state index >= 15 is 0 Å². The Morgan fingerprint density at radius 2 is 1.87 bits per heavy atom. The van der Waals surface area contributed by atoms with Gasteiger partial charge in [0.1, 0.15) is 0 Å². The quantitative estimate of drug-likeness (QED) is 0.605. The maximum atomic E-state index is 2.50. The van der Waals surface area contributed by atoms with Crippen molar-refractivity contribution in [1.29, 1.82) is 0 Å². The average molecular weight is 210 g/mol. The Morgan fingerprint density at radius 1 is 1.27 bits per heavy atom. The van der Waals surface area contributed by atoms with Gasteiger partial charge in [0.15, 0.2) is 0 Å². The van der Waals surface area contributed by atoms with Gasteiger partial charge in [-0.05, 0) is 48.3 Å². The van der Waals surface area contributed by atoms with E-state index in [1.165, 1.54) is 19.3 Å². The Bertz CT molecular complexity index is 194. The minimum Gasteiger partial charge on any atom is -0.0683 e. The molecule has 0 heterocycles. The van der Waals surface area contributed by atoms with Crippen molar-refractivity contribution in [2.45, 2.75) is 67.2 Å². The molecule has 0 aromatic carbocycles. The van der Waals surface area contributed by atoms with Crippen LogP contribution in [0.1, 0.15) is 67.2 Å². The Balaban J connectivity index is 0.000000531. The van der Waals surface area contributed by atoms with E-state index in [0.29, 0.717) is 0 Å². The van der Waals surface area contributed by atoms with Crippen molar-refractivity contribution in [3.05, 3.63) is 0 Å². The summed E-state index contributed by atoms with van der Waals surface area (Å²) in [6, 6.07) is 0.